The highest BCUT2D eigenvalue weighted by atomic mass is 32.2. The lowest BCUT2D eigenvalue weighted by Crippen LogP contribution is -2.07. The molecule has 0 aromatic heterocycles. The van der Waals surface area contributed by atoms with Crippen molar-refractivity contribution < 1.29 is 12.6 Å². The van der Waals surface area contributed by atoms with Crippen LogP contribution in [0.1, 0.15) is 45.1 Å². The summed E-state index contributed by atoms with van der Waals surface area (Å²) in [5.74, 6) is 5.88. The number of benzene rings is 1. The van der Waals surface area contributed by atoms with Crippen molar-refractivity contribution in [2.45, 2.75) is 51.3 Å². The Balaban J connectivity index is 2.36. The van der Waals surface area contributed by atoms with E-state index in [1.54, 1.807) is 24.3 Å². The van der Waals surface area contributed by atoms with Gasteiger partial charge in [-0.2, -0.15) is 8.42 Å². The average Bonchev–Trinajstić information content (AvgIpc) is 2.49. The Hall–Kier alpha value is -1.57. The van der Waals surface area contributed by atoms with Crippen LogP contribution in [0.5, 0.6) is 0 Å². The maximum absolute atomic E-state index is 12.0. The second-order valence-electron chi connectivity index (χ2n) is 5.21. The van der Waals surface area contributed by atoms with Crippen LogP contribution in [0.2, 0.25) is 0 Å². The Morgan fingerprint density at radius 2 is 1.95 bits per heavy atom. The lowest BCUT2D eigenvalue weighted by Gasteiger charge is -2.06. The summed E-state index contributed by atoms with van der Waals surface area (Å²) in [6.45, 7) is 6.00. The first-order chi connectivity index (χ1) is 10.5. The zero-order chi connectivity index (χ0) is 16.4. The Labute approximate surface area is 134 Å². The van der Waals surface area contributed by atoms with Gasteiger partial charge in [-0.3, -0.25) is 4.18 Å². The van der Waals surface area contributed by atoms with Gasteiger partial charge in [0.25, 0.3) is 10.1 Å². The Kier molecular flexibility index (Phi) is 7.94. The predicted octanol–water partition coefficient (Wildman–Crippen LogP) is 4.23. The van der Waals surface area contributed by atoms with Gasteiger partial charge in [-0.1, -0.05) is 29.3 Å². The van der Waals surface area contributed by atoms with Crippen molar-refractivity contribution in [1.82, 2.24) is 0 Å². The van der Waals surface area contributed by atoms with Crippen molar-refractivity contribution in [2.75, 3.05) is 6.61 Å². The number of unbranched alkanes of at least 4 members (excludes halogenated alkanes) is 1. The summed E-state index contributed by atoms with van der Waals surface area (Å²) in [6, 6.07) is 6.68. The molecule has 0 aliphatic heterocycles. The zero-order valence-electron chi connectivity index (χ0n) is 13.6. The second kappa shape index (κ2) is 9.45. The van der Waals surface area contributed by atoms with E-state index in [4.69, 9.17) is 4.18 Å². The van der Waals surface area contributed by atoms with E-state index in [0.717, 1.165) is 24.8 Å². The van der Waals surface area contributed by atoms with Crippen LogP contribution in [0, 0.1) is 18.8 Å². The largest absolute Gasteiger partial charge is 0.296 e. The molecule has 0 atom stereocenters. The first-order valence-electron chi connectivity index (χ1n) is 7.47. The molecule has 0 aliphatic rings. The first-order valence-corrected chi connectivity index (χ1v) is 8.88. The van der Waals surface area contributed by atoms with Gasteiger partial charge in [-0.05, 0) is 52.2 Å². The number of hydrogen-bond donors (Lipinski definition) is 0. The summed E-state index contributed by atoms with van der Waals surface area (Å²) in [5.41, 5.74) is 2.27. The molecule has 0 unspecified atom stereocenters. The summed E-state index contributed by atoms with van der Waals surface area (Å²) < 4.78 is 29.0. The molecule has 22 heavy (non-hydrogen) atoms. The third kappa shape index (κ3) is 6.93. The minimum absolute atomic E-state index is 0.205. The molecule has 1 aromatic carbocycles. The molecular weight excluding hydrogens is 296 g/mol. The molecule has 0 bridgehead atoms. The SMILES string of the molecule is CC#CCC/C=C(\C)CCCOS(=O)(=O)c1ccc(C)cc1. The maximum Gasteiger partial charge on any atom is 0.296 e. The number of allylic oxidation sites excluding steroid dienone is 2. The van der Waals surface area contributed by atoms with E-state index in [2.05, 4.69) is 17.9 Å². The van der Waals surface area contributed by atoms with Gasteiger partial charge in [-0.15, -0.1) is 11.8 Å². The van der Waals surface area contributed by atoms with Crippen LogP contribution in [-0.4, -0.2) is 15.0 Å². The highest BCUT2D eigenvalue weighted by molar-refractivity contribution is 7.86. The second-order valence-corrected chi connectivity index (χ2v) is 6.82. The van der Waals surface area contributed by atoms with Crippen LogP contribution in [0.3, 0.4) is 0 Å². The maximum atomic E-state index is 12.0. The van der Waals surface area contributed by atoms with E-state index in [0.29, 0.717) is 6.42 Å². The molecule has 0 spiro atoms. The van der Waals surface area contributed by atoms with Crippen molar-refractivity contribution in [3.63, 3.8) is 0 Å². The van der Waals surface area contributed by atoms with Gasteiger partial charge in [-0.25, -0.2) is 0 Å². The van der Waals surface area contributed by atoms with Crippen molar-refractivity contribution in [2.24, 2.45) is 0 Å². The van der Waals surface area contributed by atoms with E-state index >= 15 is 0 Å². The molecule has 0 radical (unpaired) electrons. The molecule has 0 saturated carbocycles. The normalized spacial score (nSPS) is 11.9. The van der Waals surface area contributed by atoms with Crippen LogP contribution in [-0.2, 0) is 14.3 Å². The van der Waals surface area contributed by atoms with Crippen LogP contribution < -0.4 is 0 Å². The monoisotopic (exact) mass is 320 g/mol. The molecule has 0 heterocycles. The van der Waals surface area contributed by atoms with Crippen LogP contribution >= 0.6 is 0 Å². The topological polar surface area (TPSA) is 43.4 Å². The van der Waals surface area contributed by atoms with Crippen molar-refractivity contribution >= 4 is 10.1 Å². The van der Waals surface area contributed by atoms with Gasteiger partial charge < -0.3 is 0 Å². The van der Waals surface area contributed by atoms with E-state index in [1.807, 2.05) is 20.8 Å². The molecule has 1 aromatic rings. The fraction of sp³-hybridized carbons (Fsp3) is 0.444. The molecule has 0 saturated heterocycles. The Bertz CT molecular complexity index is 644. The number of hydrogen-bond acceptors (Lipinski definition) is 3. The van der Waals surface area contributed by atoms with E-state index in [1.165, 1.54) is 5.57 Å². The zero-order valence-corrected chi connectivity index (χ0v) is 14.4. The molecule has 1 rings (SSSR count). The lowest BCUT2D eigenvalue weighted by atomic mass is 10.1. The fourth-order valence-corrected chi connectivity index (χ4v) is 2.85. The summed E-state index contributed by atoms with van der Waals surface area (Å²) in [5, 5.41) is 0. The van der Waals surface area contributed by atoms with Crippen LogP contribution in [0.4, 0.5) is 0 Å². The third-order valence-corrected chi connectivity index (χ3v) is 4.53. The highest BCUT2D eigenvalue weighted by Crippen LogP contribution is 2.14. The number of rotatable bonds is 8. The summed E-state index contributed by atoms with van der Waals surface area (Å²) in [7, 11) is -3.64. The average molecular weight is 320 g/mol. The Morgan fingerprint density at radius 3 is 2.59 bits per heavy atom. The van der Waals surface area contributed by atoms with Gasteiger partial charge in [0, 0.05) is 6.42 Å². The standard InChI is InChI=1S/C18H24O3S/c1-4-5-6-7-9-16(2)10-8-15-21-22(19,20)18-13-11-17(3)12-14-18/h9,11-14H,6-8,10,15H2,1-3H3/b16-9+. The van der Waals surface area contributed by atoms with Crippen molar-refractivity contribution in [3.8, 4) is 11.8 Å². The number of aryl methyl sites for hydroxylation is 1. The molecule has 120 valence electrons. The van der Waals surface area contributed by atoms with Crippen molar-refractivity contribution in [3.05, 3.63) is 41.5 Å². The van der Waals surface area contributed by atoms with Gasteiger partial charge in [0.15, 0.2) is 0 Å². The van der Waals surface area contributed by atoms with Crippen molar-refractivity contribution in [1.29, 1.82) is 0 Å². The Morgan fingerprint density at radius 1 is 1.27 bits per heavy atom. The van der Waals surface area contributed by atoms with Gasteiger partial charge in [0.2, 0.25) is 0 Å². The van der Waals surface area contributed by atoms with E-state index in [-0.39, 0.29) is 11.5 Å². The summed E-state index contributed by atoms with van der Waals surface area (Å²) in [4.78, 5) is 0.212. The summed E-state index contributed by atoms with van der Waals surface area (Å²) in [6.07, 6.45) is 5.48. The molecule has 3 nitrogen and oxygen atoms in total. The molecule has 0 N–H and O–H groups in total. The van der Waals surface area contributed by atoms with Gasteiger partial charge in [0.1, 0.15) is 0 Å². The fourth-order valence-electron chi connectivity index (χ4n) is 1.91. The van der Waals surface area contributed by atoms with E-state index in [9.17, 15) is 8.42 Å². The van der Waals surface area contributed by atoms with Gasteiger partial charge in [0.05, 0.1) is 11.5 Å². The molecule has 0 aliphatic carbocycles. The first kappa shape index (κ1) is 18.5. The predicted molar refractivity (Wildman–Crippen MR) is 90.0 cm³/mol. The third-order valence-electron chi connectivity index (χ3n) is 3.20. The molecular formula is C18H24O3S. The quantitative estimate of drug-likeness (QED) is 0.311. The molecule has 0 amide bonds. The van der Waals surface area contributed by atoms with E-state index < -0.39 is 10.1 Å². The summed E-state index contributed by atoms with van der Waals surface area (Å²) >= 11 is 0. The smallest absolute Gasteiger partial charge is 0.266 e. The van der Waals surface area contributed by atoms with Gasteiger partial charge >= 0.3 is 0 Å². The van der Waals surface area contributed by atoms with Crippen LogP contribution in [0.25, 0.3) is 0 Å². The van der Waals surface area contributed by atoms with Crippen LogP contribution in [0.15, 0.2) is 40.8 Å². The molecule has 4 heteroatoms. The minimum atomic E-state index is -3.64. The lowest BCUT2D eigenvalue weighted by molar-refractivity contribution is 0.312. The molecule has 0 fully saturated rings. The highest BCUT2D eigenvalue weighted by Gasteiger charge is 2.14. The minimum Gasteiger partial charge on any atom is -0.266 e.